The second kappa shape index (κ2) is 7.44. The SMILES string of the molecule is CC1CCCN(C(=O)Nc2ccnn2Cc2ccccn2)C1CO. The molecule has 2 aromatic heterocycles. The van der Waals surface area contributed by atoms with E-state index >= 15 is 0 Å². The Balaban J connectivity index is 1.70. The first-order valence-electron chi connectivity index (χ1n) is 8.29. The number of carbonyl (C=O) groups is 1. The number of aliphatic hydroxyl groups is 1. The molecule has 0 saturated carbocycles. The Kier molecular flexibility index (Phi) is 5.10. The molecule has 7 heteroatoms. The van der Waals surface area contributed by atoms with Crippen LogP contribution in [0.15, 0.2) is 36.7 Å². The summed E-state index contributed by atoms with van der Waals surface area (Å²) in [7, 11) is 0. The summed E-state index contributed by atoms with van der Waals surface area (Å²) in [4.78, 5) is 18.6. The van der Waals surface area contributed by atoms with E-state index in [2.05, 4.69) is 22.3 Å². The molecule has 0 radical (unpaired) electrons. The van der Waals surface area contributed by atoms with Crippen molar-refractivity contribution in [2.24, 2.45) is 5.92 Å². The first-order valence-corrected chi connectivity index (χ1v) is 8.29. The zero-order valence-electron chi connectivity index (χ0n) is 13.8. The maximum absolute atomic E-state index is 12.6. The molecule has 1 aliphatic heterocycles. The number of rotatable bonds is 4. The van der Waals surface area contributed by atoms with Gasteiger partial charge in [0.05, 0.1) is 31.1 Å². The van der Waals surface area contributed by atoms with Crippen molar-refractivity contribution < 1.29 is 9.90 Å². The first-order chi connectivity index (χ1) is 11.7. The van der Waals surface area contributed by atoms with Crippen LogP contribution in [0, 0.1) is 5.92 Å². The largest absolute Gasteiger partial charge is 0.394 e. The summed E-state index contributed by atoms with van der Waals surface area (Å²) in [6, 6.07) is 7.14. The lowest BCUT2D eigenvalue weighted by molar-refractivity contribution is 0.0810. The monoisotopic (exact) mass is 329 g/mol. The van der Waals surface area contributed by atoms with Crippen LogP contribution in [0.4, 0.5) is 10.6 Å². The highest BCUT2D eigenvalue weighted by molar-refractivity contribution is 5.88. The molecule has 0 aromatic carbocycles. The number of hydrogen-bond acceptors (Lipinski definition) is 4. The molecular weight excluding hydrogens is 306 g/mol. The van der Waals surface area contributed by atoms with Gasteiger partial charge in [-0.1, -0.05) is 13.0 Å². The number of aliphatic hydroxyl groups excluding tert-OH is 1. The summed E-state index contributed by atoms with van der Waals surface area (Å²) in [5.74, 6) is 0.925. The Hall–Kier alpha value is -2.41. The number of urea groups is 1. The number of carbonyl (C=O) groups excluding carboxylic acids is 1. The molecule has 0 bridgehead atoms. The smallest absolute Gasteiger partial charge is 0.323 e. The van der Waals surface area contributed by atoms with Crippen molar-refractivity contribution in [1.82, 2.24) is 19.7 Å². The van der Waals surface area contributed by atoms with Crippen molar-refractivity contribution in [2.45, 2.75) is 32.4 Å². The number of anilines is 1. The fraction of sp³-hybridized carbons (Fsp3) is 0.471. The van der Waals surface area contributed by atoms with Crippen molar-refractivity contribution in [1.29, 1.82) is 0 Å². The minimum atomic E-state index is -0.191. The third-order valence-corrected chi connectivity index (χ3v) is 4.55. The molecule has 1 saturated heterocycles. The maximum Gasteiger partial charge on any atom is 0.323 e. The molecule has 2 unspecified atom stereocenters. The van der Waals surface area contributed by atoms with E-state index in [0.717, 1.165) is 18.5 Å². The van der Waals surface area contributed by atoms with E-state index in [-0.39, 0.29) is 18.7 Å². The summed E-state index contributed by atoms with van der Waals surface area (Å²) in [5.41, 5.74) is 0.872. The number of hydrogen-bond donors (Lipinski definition) is 2. The van der Waals surface area contributed by atoms with Crippen LogP contribution in [0.1, 0.15) is 25.5 Å². The van der Waals surface area contributed by atoms with Gasteiger partial charge in [0.1, 0.15) is 5.82 Å². The number of nitrogens with one attached hydrogen (secondary N) is 1. The molecule has 0 spiro atoms. The average Bonchev–Trinajstić information content (AvgIpc) is 3.02. The van der Waals surface area contributed by atoms with Crippen LogP contribution in [0.25, 0.3) is 0 Å². The Morgan fingerprint density at radius 3 is 3.00 bits per heavy atom. The maximum atomic E-state index is 12.6. The molecule has 3 heterocycles. The van der Waals surface area contributed by atoms with Gasteiger partial charge < -0.3 is 10.0 Å². The van der Waals surface area contributed by atoms with Crippen LogP contribution in [0.3, 0.4) is 0 Å². The van der Waals surface area contributed by atoms with Crippen LogP contribution >= 0.6 is 0 Å². The van der Waals surface area contributed by atoms with E-state index in [1.807, 2.05) is 18.2 Å². The predicted molar refractivity (Wildman–Crippen MR) is 90.6 cm³/mol. The fourth-order valence-electron chi connectivity index (χ4n) is 3.17. The summed E-state index contributed by atoms with van der Waals surface area (Å²) in [5, 5.41) is 16.8. The summed E-state index contributed by atoms with van der Waals surface area (Å²) >= 11 is 0. The van der Waals surface area contributed by atoms with Gasteiger partial charge in [-0.3, -0.25) is 10.3 Å². The van der Waals surface area contributed by atoms with Crippen molar-refractivity contribution >= 4 is 11.8 Å². The zero-order chi connectivity index (χ0) is 16.9. The molecular formula is C17H23N5O2. The Morgan fingerprint density at radius 2 is 2.25 bits per heavy atom. The van der Waals surface area contributed by atoms with Gasteiger partial charge in [-0.15, -0.1) is 0 Å². The quantitative estimate of drug-likeness (QED) is 0.898. The molecule has 3 rings (SSSR count). The van der Waals surface area contributed by atoms with Gasteiger partial charge in [0.15, 0.2) is 0 Å². The molecule has 2 amide bonds. The van der Waals surface area contributed by atoms with Gasteiger partial charge in [0.25, 0.3) is 0 Å². The normalized spacial score (nSPS) is 20.8. The highest BCUT2D eigenvalue weighted by atomic mass is 16.3. The van der Waals surface area contributed by atoms with Crippen LogP contribution in [-0.4, -0.2) is 50.0 Å². The lowest BCUT2D eigenvalue weighted by Gasteiger charge is -2.38. The third kappa shape index (κ3) is 3.56. The van der Waals surface area contributed by atoms with Gasteiger partial charge in [0, 0.05) is 18.8 Å². The zero-order valence-corrected chi connectivity index (χ0v) is 13.8. The fourth-order valence-corrected chi connectivity index (χ4v) is 3.17. The molecule has 2 aromatic rings. The van der Waals surface area contributed by atoms with Crippen LogP contribution in [0.5, 0.6) is 0 Å². The predicted octanol–water partition coefficient (Wildman–Crippen LogP) is 1.95. The van der Waals surface area contributed by atoms with Gasteiger partial charge in [-0.25, -0.2) is 9.48 Å². The number of nitrogens with zero attached hydrogens (tertiary/aromatic N) is 4. The number of pyridine rings is 1. The average molecular weight is 329 g/mol. The van der Waals surface area contributed by atoms with Crippen LogP contribution in [0.2, 0.25) is 0 Å². The molecule has 24 heavy (non-hydrogen) atoms. The third-order valence-electron chi connectivity index (χ3n) is 4.55. The molecule has 7 nitrogen and oxygen atoms in total. The lowest BCUT2D eigenvalue weighted by Crippen LogP contribution is -2.51. The molecule has 2 atom stereocenters. The van der Waals surface area contributed by atoms with E-state index < -0.39 is 0 Å². The van der Waals surface area contributed by atoms with E-state index in [4.69, 9.17) is 0 Å². The van der Waals surface area contributed by atoms with Crippen molar-refractivity contribution in [2.75, 3.05) is 18.5 Å². The molecule has 1 aliphatic rings. The van der Waals surface area contributed by atoms with E-state index in [1.54, 1.807) is 28.0 Å². The highest BCUT2D eigenvalue weighted by Gasteiger charge is 2.31. The summed E-state index contributed by atoms with van der Waals surface area (Å²) < 4.78 is 1.71. The van der Waals surface area contributed by atoms with Crippen molar-refractivity contribution in [3.63, 3.8) is 0 Å². The minimum Gasteiger partial charge on any atom is -0.394 e. The number of likely N-dealkylation sites (tertiary alicyclic amines) is 1. The van der Waals surface area contributed by atoms with Gasteiger partial charge >= 0.3 is 6.03 Å². The molecule has 128 valence electrons. The topological polar surface area (TPSA) is 83.3 Å². The number of amides is 2. The minimum absolute atomic E-state index is 0.0121. The lowest BCUT2D eigenvalue weighted by atomic mass is 9.91. The molecule has 1 fully saturated rings. The highest BCUT2D eigenvalue weighted by Crippen LogP contribution is 2.23. The van der Waals surface area contributed by atoms with Crippen molar-refractivity contribution in [3.05, 3.63) is 42.4 Å². The second-order valence-corrected chi connectivity index (χ2v) is 6.19. The Labute approximate surface area is 141 Å². The number of piperidine rings is 1. The summed E-state index contributed by atoms with van der Waals surface area (Å²) in [6.45, 7) is 3.21. The van der Waals surface area contributed by atoms with Crippen LogP contribution in [-0.2, 0) is 6.54 Å². The van der Waals surface area contributed by atoms with E-state index in [0.29, 0.717) is 24.8 Å². The van der Waals surface area contributed by atoms with Gasteiger partial charge in [0.2, 0.25) is 0 Å². The van der Waals surface area contributed by atoms with Gasteiger partial charge in [-0.05, 0) is 30.9 Å². The Morgan fingerprint density at radius 1 is 1.38 bits per heavy atom. The second-order valence-electron chi connectivity index (χ2n) is 6.19. The molecule has 2 N–H and O–H groups in total. The first kappa shape index (κ1) is 16.4. The van der Waals surface area contributed by atoms with E-state index in [1.165, 1.54) is 0 Å². The number of aromatic nitrogens is 3. The summed E-state index contributed by atoms with van der Waals surface area (Å²) in [6.07, 6.45) is 5.38. The molecule has 0 aliphatic carbocycles. The standard InChI is InChI=1S/C17H23N5O2/c1-13-5-4-10-21(15(13)12-23)17(24)20-16-7-9-19-22(16)11-14-6-2-3-8-18-14/h2-3,6-9,13,15,23H,4-5,10-12H2,1H3,(H,20,24). The van der Waals surface area contributed by atoms with E-state index in [9.17, 15) is 9.90 Å². The van der Waals surface area contributed by atoms with Crippen LogP contribution < -0.4 is 5.32 Å². The Bertz CT molecular complexity index is 673. The van der Waals surface area contributed by atoms with Gasteiger partial charge in [-0.2, -0.15) is 5.10 Å². The van der Waals surface area contributed by atoms with Crippen molar-refractivity contribution in [3.8, 4) is 0 Å².